The Morgan fingerprint density at radius 2 is 0.789 bits per heavy atom. The van der Waals surface area contributed by atoms with E-state index in [1.807, 2.05) is 0 Å². The summed E-state index contributed by atoms with van der Waals surface area (Å²) in [6.45, 7) is 5.91. The van der Waals surface area contributed by atoms with Crippen LogP contribution in [-0.2, 0) is 14.4 Å². The molecule has 0 aliphatic carbocycles. The van der Waals surface area contributed by atoms with Gasteiger partial charge in [0.2, 0.25) is 0 Å². The van der Waals surface area contributed by atoms with Gasteiger partial charge in [-0.2, -0.15) is 0 Å². The van der Waals surface area contributed by atoms with Crippen LogP contribution < -0.4 is 0 Å². The van der Waals surface area contributed by atoms with E-state index in [-0.39, 0.29) is 19.3 Å². The molecule has 0 aromatic carbocycles. The number of carbonyl (C=O) groups is 3. The van der Waals surface area contributed by atoms with Crippen LogP contribution in [0.4, 0.5) is 0 Å². The van der Waals surface area contributed by atoms with E-state index in [9.17, 15) is 14.4 Å². The number of nitrogens with zero attached hydrogens (tertiary/aromatic N) is 1. The minimum atomic E-state index is -0.771. The molecule has 0 aliphatic heterocycles. The third kappa shape index (κ3) is 24.4. The molecular weight excluding hydrogens is 482 g/mol. The second-order valence-corrected chi connectivity index (χ2v) is 11.0. The summed E-state index contributed by atoms with van der Waals surface area (Å²) in [6.07, 6.45) is 24.6. The first-order valence-corrected chi connectivity index (χ1v) is 15.5. The molecule has 0 saturated carbocycles. The molecule has 0 rings (SSSR count). The molecule has 3 N–H and O–H groups in total. The van der Waals surface area contributed by atoms with Gasteiger partial charge in [-0.1, -0.05) is 57.6 Å². The van der Waals surface area contributed by atoms with Gasteiger partial charge in [0, 0.05) is 19.3 Å². The lowest BCUT2D eigenvalue weighted by atomic mass is 10.1. The lowest BCUT2D eigenvalue weighted by molar-refractivity contribution is -0.929. The lowest BCUT2D eigenvalue weighted by Gasteiger charge is -2.39. The highest BCUT2D eigenvalue weighted by Crippen LogP contribution is 2.19. The minimum absolute atomic E-state index is 0.172. The van der Waals surface area contributed by atoms with Gasteiger partial charge in [0.25, 0.3) is 0 Å². The number of allylic oxidation sites excluding steroid dienone is 2. The first kappa shape index (κ1) is 36.1. The zero-order valence-electron chi connectivity index (χ0n) is 24.3. The molecule has 222 valence electrons. The van der Waals surface area contributed by atoms with Crippen LogP contribution in [0.1, 0.15) is 142 Å². The molecule has 0 spiro atoms. The largest absolute Gasteiger partial charge is 0.481 e. The second kappa shape index (κ2) is 25.4. The first-order chi connectivity index (χ1) is 18.3. The Hall–Kier alpha value is -1.89. The van der Waals surface area contributed by atoms with Crippen molar-refractivity contribution in [1.29, 1.82) is 0 Å². The molecule has 38 heavy (non-hydrogen) atoms. The molecule has 7 heteroatoms. The number of hydrogen-bond acceptors (Lipinski definition) is 3. The average molecular weight is 541 g/mol. The van der Waals surface area contributed by atoms with E-state index in [0.717, 1.165) is 62.8 Å². The third-order valence-corrected chi connectivity index (χ3v) is 7.46. The van der Waals surface area contributed by atoms with Crippen molar-refractivity contribution in [3.63, 3.8) is 0 Å². The summed E-state index contributed by atoms with van der Waals surface area (Å²) < 4.78 is 0.861. The van der Waals surface area contributed by atoms with Crippen molar-refractivity contribution in [2.45, 2.75) is 142 Å². The van der Waals surface area contributed by atoms with Crippen molar-refractivity contribution in [3.05, 3.63) is 12.2 Å². The Bertz CT molecular complexity index is 579. The highest BCUT2D eigenvalue weighted by Gasteiger charge is 2.26. The fraction of sp³-hybridized carbons (Fsp3) is 0.839. The number of quaternary nitrogens is 1. The number of hydrogen-bond donors (Lipinski definition) is 3. The molecule has 0 saturated heterocycles. The Morgan fingerprint density at radius 1 is 0.474 bits per heavy atom. The van der Waals surface area contributed by atoms with Crippen LogP contribution in [0.25, 0.3) is 0 Å². The number of unbranched alkanes of at least 4 members (excludes halogenated alkanes) is 13. The van der Waals surface area contributed by atoms with Gasteiger partial charge in [-0.15, -0.1) is 0 Å². The third-order valence-electron chi connectivity index (χ3n) is 7.46. The van der Waals surface area contributed by atoms with Gasteiger partial charge in [-0.05, 0) is 77.0 Å². The van der Waals surface area contributed by atoms with Crippen molar-refractivity contribution >= 4 is 17.9 Å². The zero-order valence-corrected chi connectivity index (χ0v) is 24.3. The zero-order chi connectivity index (χ0) is 28.3. The van der Waals surface area contributed by atoms with E-state index in [1.165, 1.54) is 64.2 Å². The molecule has 0 fully saturated rings. The minimum Gasteiger partial charge on any atom is -0.481 e. The van der Waals surface area contributed by atoms with Gasteiger partial charge in [0.1, 0.15) is 0 Å². The molecule has 0 aromatic rings. The van der Waals surface area contributed by atoms with Crippen molar-refractivity contribution in [2.24, 2.45) is 0 Å². The lowest BCUT2D eigenvalue weighted by Crippen LogP contribution is -2.51. The van der Waals surface area contributed by atoms with Crippen molar-refractivity contribution in [3.8, 4) is 0 Å². The van der Waals surface area contributed by atoms with Gasteiger partial charge >= 0.3 is 17.9 Å². The fourth-order valence-corrected chi connectivity index (χ4v) is 5.18. The standard InChI is InChI=1S/C31H57NO6/c1-2-3-4-5-6-7-8-9-10-11-12-13-14-18-25-32(26-19-15-22-29(33)34,27-20-16-23-30(35)36)28-21-17-24-31(37)38/h8-9H,2-7,10-28H2,1H3,(H2-,33,34,35,36,37,38)/p+1/b9-8+. The van der Waals surface area contributed by atoms with Crippen LogP contribution >= 0.6 is 0 Å². The smallest absolute Gasteiger partial charge is 0.303 e. The maximum Gasteiger partial charge on any atom is 0.303 e. The Morgan fingerprint density at radius 3 is 1.16 bits per heavy atom. The van der Waals surface area contributed by atoms with Gasteiger partial charge in [0.15, 0.2) is 0 Å². The van der Waals surface area contributed by atoms with Crippen LogP contribution in [0.2, 0.25) is 0 Å². The molecule has 0 radical (unpaired) electrons. The summed E-state index contributed by atoms with van der Waals surface area (Å²) >= 11 is 0. The average Bonchev–Trinajstić information content (AvgIpc) is 2.87. The number of carboxylic acids is 3. The molecule has 0 aromatic heterocycles. The second-order valence-electron chi connectivity index (χ2n) is 11.0. The van der Waals surface area contributed by atoms with E-state index in [0.29, 0.717) is 19.3 Å². The molecule has 0 aliphatic rings. The Labute approximate surface area is 232 Å². The van der Waals surface area contributed by atoms with Crippen LogP contribution in [0, 0.1) is 0 Å². The van der Waals surface area contributed by atoms with E-state index in [2.05, 4.69) is 19.1 Å². The van der Waals surface area contributed by atoms with Crippen LogP contribution in [0.5, 0.6) is 0 Å². The molecule has 0 heterocycles. The van der Waals surface area contributed by atoms with Crippen molar-refractivity contribution in [1.82, 2.24) is 0 Å². The van der Waals surface area contributed by atoms with Crippen molar-refractivity contribution in [2.75, 3.05) is 26.2 Å². The van der Waals surface area contributed by atoms with E-state index in [1.54, 1.807) is 0 Å². The Kier molecular flexibility index (Phi) is 24.1. The number of carboxylic acid groups (broad SMARTS) is 3. The molecule has 0 amide bonds. The number of rotatable bonds is 29. The summed E-state index contributed by atoms with van der Waals surface area (Å²) in [5.74, 6) is -2.31. The summed E-state index contributed by atoms with van der Waals surface area (Å²) in [6, 6.07) is 0. The summed E-state index contributed by atoms with van der Waals surface area (Å²) in [4.78, 5) is 32.9. The van der Waals surface area contributed by atoms with Gasteiger partial charge in [0.05, 0.1) is 26.2 Å². The highest BCUT2D eigenvalue weighted by atomic mass is 16.4. The summed E-state index contributed by atoms with van der Waals surface area (Å²) in [5.41, 5.74) is 0. The summed E-state index contributed by atoms with van der Waals surface area (Å²) in [7, 11) is 0. The highest BCUT2D eigenvalue weighted by molar-refractivity contribution is 5.67. The predicted octanol–water partition coefficient (Wildman–Crippen LogP) is 7.83. The monoisotopic (exact) mass is 540 g/mol. The SMILES string of the molecule is CCCCCCC/C=C/CCCCCCC[N+](CCCCC(=O)O)(CCCCC(=O)O)CCCCC(=O)O. The van der Waals surface area contributed by atoms with E-state index < -0.39 is 17.9 Å². The van der Waals surface area contributed by atoms with E-state index in [4.69, 9.17) is 15.3 Å². The first-order valence-electron chi connectivity index (χ1n) is 15.5. The van der Waals surface area contributed by atoms with E-state index >= 15 is 0 Å². The molecule has 0 atom stereocenters. The maximum absolute atomic E-state index is 11.0. The normalized spacial score (nSPS) is 11.8. The molecule has 7 nitrogen and oxygen atoms in total. The molecular formula is C31H58NO6+. The van der Waals surface area contributed by atoms with Crippen LogP contribution in [0.15, 0.2) is 12.2 Å². The maximum atomic E-state index is 11.0. The topological polar surface area (TPSA) is 112 Å². The molecule has 0 bridgehead atoms. The molecule has 0 unspecified atom stereocenters. The van der Waals surface area contributed by atoms with Gasteiger partial charge < -0.3 is 19.8 Å². The van der Waals surface area contributed by atoms with Crippen molar-refractivity contribution < 1.29 is 34.2 Å². The van der Waals surface area contributed by atoms with Crippen LogP contribution in [0.3, 0.4) is 0 Å². The predicted molar refractivity (Wildman–Crippen MR) is 154 cm³/mol. The Balaban J connectivity index is 4.58. The number of aliphatic carboxylic acids is 3. The summed E-state index contributed by atoms with van der Waals surface area (Å²) in [5, 5.41) is 27.1. The van der Waals surface area contributed by atoms with Gasteiger partial charge in [-0.25, -0.2) is 0 Å². The fourth-order valence-electron chi connectivity index (χ4n) is 5.18. The van der Waals surface area contributed by atoms with Crippen LogP contribution in [-0.4, -0.2) is 63.9 Å². The van der Waals surface area contributed by atoms with Gasteiger partial charge in [-0.3, -0.25) is 14.4 Å². The quantitative estimate of drug-likeness (QED) is 0.0506.